The summed E-state index contributed by atoms with van der Waals surface area (Å²) >= 11 is 0. The Labute approximate surface area is 102 Å². The zero-order chi connectivity index (χ0) is 12.3. The summed E-state index contributed by atoms with van der Waals surface area (Å²) in [6, 6.07) is 7.92. The average molecular weight is 236 g/mol. The molecule has 0 amide bonds. The molecule has 1 N–H and O–H groups in total. The van der Waals surface area contributed by atoms with Gasteiger partial charge >= 0.3 is 0 Å². The van der Waals surface area contributed by atoms with Crippen LogP contribution in [0, 0.1) is 5.41 Å². The van der Waals surface area contributed by atoms with E-state index in [2.05, 4.69) is 6.92 Å². The largest absolute Gasteiger partial charge is 0.493 e. The summed E-state index contributed by atoms with van der Waals surface area (Å²) in [4.78, 5) is 0. The van der Waals surface area contributed by atoms with Crippen LogP contribution in [0.3, 0.4) is 0 Å². The van der Waals surface area contributed by atoms with Crippen LogP contribution in [0.2, 0.25) is 0 Å². The summed E-state index contributed by atoms with van der Waals surface area (Å²) in [5.74, 6) is 0.882. The van der Waals surface area contributed by atoms with Crippen molar-refractivity contribution in [2.45, 2.75) is 26.4 Å². The number of hydrogen-bond donors (Lipinski definition) is 1. The molecule has 1 aromatic carbocycles. The Hall–Kier alpha value is -1.06. The minimum atomic E-state index is -0.298. The lowest BCUT2D eigenvalue weighted by Crippen LogP contribution is -2.44. The number of ether oxygens (including phenoxy) is 2. The lowest BCUT2D eigenvalue weighted by Gasteiger charge is -2.37. The first-order valence-corrected chi connectivity index (χ1v) is 6.05. The maximum atomic E-state index is 9.28. The van der Waals surface area contributed by atoms with Crippen molar-refractivity contribution in [2.24, 2.45) is 5.41 Å². The second-order valence-corrected chi connectivity index (χ2v) is 5.29. The van der Waals surface area contributed by atoms with Gasteiger partial charge in [-0.25, -0.2) is 0 Å². The molecule has 1 aliphatic rings. The van der Waals surface area contributed by atoms with Gasteiger partial charge in [0, 0.05) is 5.41 Å². The van der Waals surface area contributed by atoms with Crippen LogP contribution in [0.1, 0.15) is 19.4 Å². The summed E-state index contributed by atoms with van der Waals surface area (Å²) in [5.41, 5.74) is 1.31. The maximum absolute atomic E-state index is 9.28. The van der Waals surface area contributed by atoms with Crippen LogP contribution in [-0.4, -0.2) is 31.0 Å². The summed E-state index contributed by atoms with van der Waals surface area (Å²) in [6.07, 6.45) is 0.388. The van der Waals surface area contributed by atoms with Crippen molar-refractivity contribution < 1.29 is 14.6 Å². The van der Waals surface area contributed by atoms with Crippen LogP contribution in [0.25, 0.3) is 0 Å². The molecule has 0 radical (unpaired) electrons. The van der Waals surface area contributed by atoms with Gasteiger partial charge in [-0.2, -0.15) is 0 Å². The van der Waals surface area contributed by atoms with Gasteiger partial charge < -0.3 is 14.6 Å². The maximum Gasteiger partial charge on any atom is 0.119 e. The standard InChI is InChI=1S/C14H20O3/c1-11(15)7-12-3-5-13(6-4-12)17-10-14(2)8-16-9-14/h3-6,11,15H,7-10H2,1-2H3. The molecule has 1 aliphatic heterocycles. The molecule has 1 heterocycles. The first-order chi connectivity index (χ1) is 8.07. The predicted octanol–water partition coefficient (Wildman–Crippen LogP) is 2.03. The molecule has 3 nitrogen and oxygen atoms in total. The van der Waals surface area contributed by atoms with Gasteiger partial charge in [0.2, 0.25) is 0 Å². The zero-order valence-corrected chi connectivity index (χ0v) is 10.5. The highest BCUT2D eigenvalue weighted by atomic mass is 16.5. The highest BCUT2D eigenvalue weighted by Gasteiger charge is 2.34. The Morgan fingerprint density at radius 2 is 2.00 bits per heavy atom. The minimum absolute atomic E-state index is 0.179. The van der Waals surface area contributed by atoms with E-state index in [1.54, 1.807) is 6.92 Å². The van der Waals surface area contributed by atoms with E-state index in [1.165, 1.54) is 0 Å². The second kappa shape index (κ2) is 5.07. The van der Waals surface area contributed by atoms with Crippen molar-refractivity contribution in [3.63, 3.8) is 0 Å². The van der Waals surface area contributed by atoms with Gasteiger partial charge in [-0.15, -0.1) is 0 Å². The van der Waals surface area contributed by atoms with E-state index >= 15 is 0 Å². The van der Waals surface area contributed by atoms with Crippen molar-refractivity contribution in [3.05, 3.63) is 29.8 Å². The van der Waals surface area contributed by atoms with E-state index in [0.29, 0.717) is 13.0 Å². The summed E-state index contributed by atoms with van der Waals surface area (Å²) in [7, 11) is 0. The smallest absolute Gasteiger partial charge is 0.119 e. The van der Waals surface area contributed by atoms with Crippen LogP contribution in [0.15, 0.2) is 24.3 Å². The molecule has 3 heteroatoms. The average Bonchev–Trinajstić information content (AvgIpc) is 2.25. The summed E-state index contributed by atoms with van der Waals surface area (Å²) < 4.78 is 10.9. The first-order valence-electron chi connectivity index (χ1n) is 6.05. The molecule has 1 aromatic rings. The third-order valence-electron chi connectivity index (χ3n) is 2.94. The van der Waals surface area contributed by atoms with Crippen LogP contribution in [0.5, 0.6) is 5.75 Å². The summed E-state index contributed by atoms with van der Waals surface area (Å²) in [5, 5.41) is 9.28. The molecular formula is C14H20O3. The molecule has 0 spiro atoms. The molecule has 1 unspecified atom stereocenters. The molecule has 1 atom stereocenters. The normalized spacial score (nSPS) is 19.5. The van der Waals surface area contributed by atoms with Crippen LogP contribution in [-0.2, 0) is 11.2 Å². The monoisotopic (exact) mass is 236 g/mol. The molecule has 17 heavy (non-hydrogen) atoms. The highest BCUT2D eigenvalue weighted by molar-refractivity contribution is 5.27. The second-order valence-electron chi connectivity index (χ2n) is 5.29. The molecule has 1 saturated heterocycles. The highest BCUT2D eigenvalue weighted by Crippen LogP contribution is 2.27. The molecule has 1 fully saturated rings. The Morgan fingerprint density at radius 3 is 2.47 bits per heavy atom. The molecule has 94 valence electrons. The minimum Gasteiger partial charge on any atom is -0.493 e. The van der Waals surface area contributed by atoms with Crippen LogP contribution in [0.4, 0.5) is 0 Å². The van der Waals surface area contributed by atoms with Gasteiger partial charge in [-0.1, -0.05) is 19.1 Å². The van der Waals surface area contributed by atoms with E-state index in [-0.39, 0.29) is 11.5 Å². The fraction of sp³-hybridized carbons (Fsp3) is 0.571. The predicted molar refractivity (Wildman–Crippen MR) is 66.2 cm³/mol. The van der Waals surface area contributed by atoms with Gasteiger partial charge in [-0.05, 0) is 31.0 Å². The van der Waals surface area contributed by atoms with E-state index < -0.39 is 0 Å². The van der Waals surface area contributed by atoms with E-state index in [9.17, 15) is 5.11 Å². The molecule has 2 rings (SSSR count). The van der Waals surface area contributed by atoms with Crippen molar-refractivity contribution in [1.82, 2.24) is 0 Å². The van der Waals surface area contributed by atoms with Gasteiger partial charge in [0.15, 0.2) is 0 Å². The Balaban J connectivity index is 1.85. The van der Waals surface area contributed by atoms with E-state index in [1.807, 2.05) is 24.3 Å². The van der Waals surface area contributed by atoms with Gasteiger partial charge in [0.1, 0.15) is 5.75 Å². The lowest BCUT2D eigenvalue weighted by atomic mass is 9.90. The number of aliphatic hydroxyl groups excluding tert-OH is 1. The Morgan fingerprint density at radius 1 is 1.35 bits per heavy atom. The Kier molecular flexibility index (Phi) is 3.69. The lowest BCUT2D eigenvalue weighted by molar-refractivity contribution is -0.120. The number of aliphatic hydroxyl groups is 1. The third-order valence-corrected chi connectivity index (χ3v) is 2.94. The molecule has 0 aliphatic carbocycles. The molecule has 0 aromatic heterocycles. The SMILES string of the molecule is CC(O)Cc1ccc(OCC2(C)COC2)cc1. The zero-order valence-electron chi connectivity index (χ0n) is 10.5. The fourth-order valence-corrected chi connectivity index (χ4v) is 1.85. The third kappa shape index (κ3) is 3.45. The molecular weight excluding hydrogens is 216 g/mol. The van der Waals surface area contributed by atoms with E-state index in [4.69, 9.17) is 9.47 Å². The first kappa shape index (κ1) is 12.4. The van der Waals surface area contributed by atoms with Gasteiger partial charge in [0.25, 0.3) is 0 Å². The topological polar surface area (TPSA) is 38.7 Å². The van der Waals surface area contributed by atoms with Crippen molar-refractivity contribution in [3.8, 4) is 5.75 Å². The number of hydrogen-bond acceptors (Lipinski definition) is 3. The summed E-state index contributed by atoms with van der Waals surface area (Å²) in [6.45, 7) is 6.23. The van der Waals surface area contributed by atoms with Gasteiger partial charge in [0.05, 0.1) is 25.9 Å². The van der Waals surface area contributed by atoms with Crippen LogP contribution < -0.4 is 4.74 Å². The molecule has 0 saturated carbocycles. The van der Waals surface area contributed by atoms with Gasteiger partial charge in [-0.3, -0.25) is 0 Å². The van der Waals surface area contributed by atoms with E-state index in [0.717, 1.165) is 24.5 Å². The number of rotatable bonds is 5. The van der Waals surface area contributed by atoms with Crippen LogP contribution >= 0.6 is 0 Å². The van der Waals surface area contributed by atoms with Crippen molar-refractivity contribution in [1.29, 1.82) is 0 Å². The molecule has 0 bridgehead atoms. The fourth-order valence-electron chi connectivity index (χ4n) is 1.85. The Bertz CT molecular complexity index is 352. The van der Waals surface area contributed by atoms with Crippen molar-refractivity contribution in [2.75, 3.05) is 19.8 Å². The van der Waals surface area contributed by atoms with Crippen molar-refractivity contribution >= 4 is 0 Å². The number of benzene rings is 1. The quantitative estimate of drug-likeness (QED) is 0.850.